The lowest BCUT2D eigenvalue weighted by Gasteiger charge is -2.16. The Morgan fingerprint density at radius 1 is 1.22 bits per heavy atom. The van der Waals surface area contributed by atoms with Crippen molar-refractivity contribution in [2.75, 3.05) is 18.0 Å². The van der Waals surface area contributed by atoms with E-state index in [1.54, 1.807) is 6.20 Å². The normalized spacial score (nSPS) is 18.0. The summed E-state index contributed by atoms with van der Waals surface area (Å²) in [6.07, 6.45) is 4.17. The van der Waals surface area contributed by atoms with Gasteiger partial charge in [-0.25, -0.2) is 9.50 Å². The van der Waals surface area contributed by atoms with Crippen molar-refractivity contribution < 1.29 is 5.11 Å². The number of benzene rings is 1. The van der Waals surface area contributed by atoms with E-state index in [9.17, 15) is 5.11 Å². The summed E-state index contributed by atoms with van der Waals surface area (Å²) in [6, 6.07) is 8.51. The highest BCUT2D eigenvalue weighted by molar-refractivity contribution is 5.76. The zero-order valence-electron chi connectivity index (χ0n) is 13.4. The first-order valence-electron chi connectivity index (χ1n) is 7.97. The highest BCUT2D eigenvalue weighted by atomic mass is 16.3. The molecule has 0 saturated carbocycles. The topological polar surface area (TPSA) is 53.7 Å². The Morgan fingerprint density at radius 3 is 2.87 bits per heavy atom. The Kier molecular flexibility index (Phi) is 3.31. The van der Waals surface area contributed by atoms with Gasteiger partial charge in [-0.2, -0.15) is 5.10 Å². The van der Waals surface area contributed by atoms with Gasteiger partial charge in [-0.1, -0.05) is 17.7 Å². The van der Waals surface area contributed by atoms with Crippen LogP contribution in [0.3, 0.4) is 0 Å². The SMILES string of the molecule is Cc1ccc(C)c(-c2cc3c(N4CCC(O)C4)nccn3n2)c1. The fourth-order valence-corrected chi connectivity index (χ4v) is 3.23. The smallest absolute Gasteiger partial charge is 0.154 e. The van der Waals surface area contributed by atoms with Gasteiger partial charge in [0, 0.05) is 31.0 Å². The maximum Gasteiger partial charge on any atom is 0.154 e. The van der Waals surface area contributed by atoms with E-state index >= 15 is 0 Å². The first kappa shape index (κ1) is 14.2. The lowest BCUT2D eigenvalue weighted by Crippen LogP contribution is -2.22. The van der Waals surface area contributed by atoms with E-state index in [0.717, 1.165) is 35.6 Å². The molecule has 118 valence electrons. The van der Waals surface area contributed by atoms with Crippen LogP contribution in [0.15, 0.2) is 36.7 Å². The molecule has 0 aliphatic carbocycles. The Hall–Kier alpha value is -2.40. The molecule has 0 amide bonds. The van der Waals surface area contributed by atoms with Gasteiger partial charge in [0.15, 0.2) is 5.82 Å². The maximum atomic E-state index is 9.79. The monoisotopic (exact) mass is 308 g/mol. The molecule has 4 rings (SSSR count). The van der Waals surface area contributed by atoms with Crippen LogP contribution < -0.4 is 4.90 Å². The Balaban J connectivity index is 1.83. The molecule has 1 unspecified atom stereocenters. The highest BCUT2D eigenvalue weighted by Gasteiger charge is 2.23. The maximum absolute atomic E-state index is 9.79. The Morgan fingerprint density at radius 2 is 2.09 bits per heavy atom. The summed E-state index contributed by atoms with van der Waals surface area (Å²) >= 11 is 0. The van der Waals surface area contributed by atoms with Gasteiger partial charge in [-0.3, -0.25) is 0 Å². The first-order valence-corrected chi connectivity index (χ1v) is 7.97. The largest absolute Gasteiger partial charge is 0.391 e. The number of aromatic nitrogens is 3. The van der Waals surface area contributed by atoms with Gasteiger partial charge in [-0.15, -0.1) is 0 Å². The molecule has 0 spiro atoms. The highest BCUT2D eigenvalue weighted by Crippen LogP contribution is 2.29. The minimum atomic E-state index is -0.265. The molecule has 3 aromatic rings. The number of aliphatic hydroxyl groups excluding tert-OH is 1. The third-order valence-electron chi connectivity index (χ3n) is 4.50. The zero-order valence-corrected chi connectivity index (χ0v) is 13.4. The molecule has 1 saturated heterocycles. The molecule has 0 bridgehead atoms. The van der Waals surface area contributed by atoms with Gasteiger partial charge in [-0.05, 0) is 38.0 Å². The molecule has 0 radical (unpaired) electrons. The number of β-amino-alcohol motifs (C(OH)–C–C–N with tert-alkyl or cyclic N) is 1. The molecular formula is C18H20N4O. The number of aryl methyl sites for hydroxylation is 2. The fraction of sp³-hybridized carbons (Fsp3) is 0.333. The van der Waals surface area contributed by atoms with Gasteiger partial charge >= 0.3 is 0 Å². The lowest BCUT2D eigenvalue weighted by molar-refractivity contribution is 0.198. The summed E-state index contributed by atoms with van der Waals surface area (Å²) in [5.74, 6) is 0.896. The second-order valence-electron chi connectivity index (χ2n) is 6.32. The molecule has 3 heterocycles. The van der Waals surface area contributed by atoms with Gasteiger partial charge in [0.25, 0.3) is 0 Å². The summed E-state index contributed by atoms with van der Waals surface area (Å²) < 4.78 is 1.88. The summed E-state index contributed by atoms with van der Waals surface area (Å²) in [5.41, 5.74) is 5.53. The van der Waals surface area contributed by atoms with Gasteiger partial charge in [0.2, 0.25) is 0 Å². The number of rotatable bonds is 2. The number of anilines is 1. The fourth-order valence-electron chi connectivity index (χ4n) is 3.23. The first-order chi connectivity index (χ1) is 11.1. The molecule has 1 N–H and O–H groups in total. The predicted molar refractivity (Wildman–Crippen MR) is 90.7 cm³/mol. The minimum absolute atomic E-state index is 0.265. The molecule has 1 atom stereocenters. The molecule has 5 heteroatoms. The summed E-state index contributed by atoms with van der Waals surface area (Å²) in [6.45, 7) is 5.67. The number of fused-ring (bicyclic) bond motifs is 1. The van der Waals surface area contributed by atoms with Crippen LogP contribution in [0.4, 0.5) is 5.82 Å². The van der Waals surface area contributed by atoms with Crippen molar-refractivity contribution in [3.63, 3.8) is 0 Å². The summed E-state index contributed by atoms with van der Waals surface area (Å²) in [4.78, 5) is 6.66. The van der Waals surface area contributed by atoms with Crippen LogP contribution in [0.1, 0.15) is 17.5 Å². The van der Waals surface area contributed by atoms with Crippen molar-refractivity contribution in [2.45, 2.75) is 26.4 Å². The van der Waals surface area contributed by atoms with Crippen molar-refractivity contribution in [3.05, 3.63) is 47.8 Å². The average molecular weight is 308 g/mol. The van der Waals surface area contributed by atoms with E-state index in [4.69, 9.17) is 5.10 Å². The quantitative estimate of drug-likeness (QED) is 0.790. The number of hydrogen-bond donors (Lipinski definition) is 1. The molecule has 23 heavy (non-hydrogen) atoms. The zero-order chi connectivity index (χ0) is 16.0. The lowest BCUT2D eigenvalue weighted by atomic mass is 10.0. The Labute approximate surface area is 135 Å². The van der Waals surface area contributed by atoms with Gasteiger partial charge < -0.3 is 10.0 Å². The molecule has 1 aliphatic rings. The van der Waals surface area contributed by atoms with Crippen LogP contribution in [0, 0.1) is 13.8 Å². The van der Waals surface area contributed by atoms with Crippen LogP contribution in [-0.4, -0.2) is 38.9 Å². The second-order valence-corrected chi connectivity index (χ2v) is 6.32. The van der Waals surface area contributed by atoms with Gasteiger partial charge in [0.05, 0.1) is 11.8 Å². The van der Waals surface area contributed by atoms with Gasteiger partial charge in [0.1, 0.15) is 5.52 Å². The molecular weight excluding hydrogens is 288 g/mol. The van der Waals surface area contributed by atoms with Crippen LogP contribution in [0.25, 0.3) is 16.8 Å². The van der Waals surface area contributed by atoms with E-state index < -0.39 is 0 Å². The standard InChI is InChI=1S/C18H20N4O/c1-12-3-4-13(2)15(9-12)16-10-17-18(19-6-8-22(17)20-16)21-7-5-14(23)11-21/h3-4,6,8-10,14,23H,5,7,11H2,1-2H3. The molecule has 5 nitrogen and oxygen atoms in total. The van der Waals surface area contributed by atoms with Crippen molar-refractivity contribution in [1.29, 1.82) is 0 Å². The van der Waals surface area contributed by atoms with Crippen molar-refractivity contribution in [3.8, 4) is 11.3 Å². The van der Waals surface area contributed by atoms with E-state index in [-0.39, 0.29) is 6.10 Å². The molecule has 2 aromatic heterocycles. The van der Waals surface area contributed by atoms with Crippen LogP contribution >= 0.6 is 0 Å². The van der Waals surface area contributed by atoms with Crippen LogP contribution in [-0.2, 0) is 0 Å². The minimum Gasteiger partial charge on any atom is -0.391 e. The van der Waals surface area contributed by atoms with Crippen molar-refractivity contribution in [2.24, 2.45) is 0 Å². The van der Waals surface area contributed by atoms with E-state index in [1.807, 2.05) is 10.7 Å². The van der Waals surface area contributed by atoms with Crippen molar-refractivity contribution >= 4 is 11.3 Å². The van der Waals surface area contributed by atoms with E-state index in [2.05, 4.69) is 48.0 Å². The van der Waals surface area contributed by atoms with E-state index in [1.165, 1.54) is 11.1 Å². The Bertz CT molecular complexity index is 871. The summed E-state index contributed by atoms with van der Waals surface area (Å²) in [7, 11) is 0. The third-order valence-corrected chi connectivity index (χ3v) is 4.50. The third kappa shape index (κ3) is 2.47. The van der Waals surface area contributed by atoms with Crippen LogP contribution in [0.5, 0.6) is 0 Å². The molecule has 1 aliphatic heterocycles. The second kappa shape index (κ2) is 5.35. The predicted octanol–water partition coefficient (Wildman–Crippen LogP) is 2.58. The van der Waals surface area contributed by atoms with E-state index in [0.29, 0.717) is 6.54 Å². The molecule has 1 fully saturated rings. The number of hydrogen-bond acceptors (Lipinski definition) is 4. The average Bonchev–Trinajstić information content (AvgIpc) is 3.15. The van der Waals surface area contributed by atoms with Crippen molar-refractivity contribution in [1.82, 2.24) is 14.6 Å². The number of nitrogens with zero attached hydrogens (tertiary/aromatic N) is 4. The molecule has 1 aromatic carbocycles. The number of aliphatic hydroxyl groups is 1. The van der Waals surface area contributed by atoms with Crippen LogP contribution in [0.2, 0.25) is 0 Å². The summed E-state index contributed by atoms with van der Waals surface area (Å²) in [5, 5.41) is 14.5.